The summed E-state index contributed by atoms with van der Waals surface area (Å²) in [6.07, 6.45) is -0.343. The molecule has 0 aliphatic heterocycles. The van der Waals surface area contributed by atoms with E-state index in [1.807, 2.05) is 6.92 Å². The van der Waals surface area contributed by atoms with Crippen molar-refractivity contribution in [3.05, 3.63) is 0 Å². The van der Waals surface area contributed by atoms with Gasteiger partial charge in [-0.15, -0.1) is 0 Å². The molecule has 0 aromatic rings. The number of carbonyl (C=O) groups excluding carboxylic acids is 1. The molecule has 0 rings (SSSR count). The second-order valence-corrected chi connectivity index (χ2v) is 5.63. The Kier molecular flexibility index (Phi) is 5.70. The number of nitrogens with two attached hydrogens (primary N) is 1. The molecule has 0 aliphatic rings. The molecule has 2 N–H and O–H groups in total. The Morgan fingerprint density at radius 1 is 1.29 bits per heavy atom. The van der Waals surface area contributed by atoms with Gasteiger partial charge >= 0.3 is 14.9 Å². The van der Waals surface area contributed by atoms with Gasteiger partial charge in [0, 0.05) is 21.3 Å². The van der Waals surface area contributed by atoms with Gasteiger partial charge in [-0.1, -0.05) is 6.92 Å². The van der Waals surface area contributed by atoms with Crippen molar-refractivity contribution in [2.24, 2.45) is 5.73 Å². The maximum absolute atomic E-state index is 10.6. The SMILES string of the molecule is CCC(OC(N)=O)[Si](OC)(OC)OC. The third-order valence-corrected chi connectivity index (χ3v) is 4.90. The third-order valence-electron chi connectivity index (χ3n) is 1.88. The lowest BCUT2D eigenvalue weighted by Crippen LogP contribution is -2.56. The van der Waals surface area contributed by atoms with Crippen molar-refractivity contribution in [1.29, 1.82) is 0 Å². The van der Waals surface area contributed by atoms with Crippen LogP contribution in [0.5, 0.6) is 0 Å². The monoisotopic (exact) mass is 223 g/mol. The van der Waals surface area contributed by atoms with Crippen LogP contribution in [0.1, 0.15) is 13.3 Å². The summed E-state index contributed by atoms with van der Waals surface area (Å²) in [5.41, 5.74) is 4.35. The maximum atomic E-state index is 10.6. The molecule has 0 bridgehead atoms. The summed E-state index contributed by atoms with van der Waals surface area (Å²) in [7, 11) is 1.42. The zero-order chi connectivity index (χ0) is 11.2. The van der Waals surface area contributed by atoms with Crippen molar-refractivity contribution in [1.82, 2.24) is 0 Å². The lowest BCUT2D eigenvalue weighted by Gasteiger charge is -2.30. The molecule has 0 fully saturated rings. The summed E-state index contributed by atoms with van der Waals surface area (Å²) in [4.78, 5) is 10.6. The smallest absolute Gasteiger partial charge is 0.442 e. The van der Waals surface area contributed by atoms with Gasteiger partial charge in [0.1, 0.15) is 0 Å². The molecule has 6 nitrogen and oxygen atoms in total. The van der Waals surface area contributed by atoms with Gasteiger partial charge in [-0.2, -0.15) is 0 Å². The Morgan fingerprint density at radius 3 is 1.93 bits per heavy atom. The average molecular weight is 223 g/mol. The molecule has 0 aliphatic carbocycles. The van der Waals surface area contributed by atoms with Crippen LogP contribution in [0.2, 0.25) is 0 Å². The quantitative estimate of drug-likeness (QED) is 0.654. The molecule has 0 radical (unpaired) electrons. The van der Waals surface area contributed by atoms with Gasteiger partial charge in [0.15, 0.2) is 5.73 Å². The molecule has 0 saturated heterocycles. The first kappa shape index (κ1) is 13.4. The summed E-state index contributed by atoms with van der Waals surface area (Å²) < 4.78 is 20.3. The minimum atomic E-state index is -2.93. The number of rotatable bonds is 6. The Morgan fingerprint density at radius 2 is 1.71 bits per heavy atom. The van der Waals surface area contributed by atoms with Gasteiger partial charge in [-0.05, 0) is 6.42 Å². The van der Waals surface area contributed by atoms with E-state index in [9.17, 15) is 4.79 Å². The third kappa shape index (κ3) is 2.95. The van der Waals surface area contributed by atoms with Crippen LogP contribution in [0.25, 0.3) is 0 Å². The van der Waals surface area contributed by atoms with E-state index in [4.69, 9.17) is 23.7 Å². The lowest BCUT2D eigenvalue weighted by molar-refractivity contribution is 0.0444. The minimum Gasteiger partial charge on any atom is -0.442 e. The molecular formula is C7H17NO5Si. The number of hydrogen-bond donors (Lipinski definition) is 1. The second-order valence-electron chi connectivity index (χ2n) is 2.55. The standard InChI is InChI=1S/C7H17NO5Si/c1-5-6(13-7(8)9)14(10-2,11-3)12-4/h6H,5H2,1-4H3,(H2,8,9). The largest absolute Gasteiger partial charge is 0.543 e. The molecule has 1 unspecified atom stereocenters. The Labute approximate surface area is 84.6 Å². The molecule has 84 valence electrons. The first-order valence-corrected chi connectivity index (χ1v) is 5.98. The molecular weight excluding hydrogens is 206 g/mol. The summed E-state index contributed by atoms with van der Waals surface area (Å²) in [6.45, 7) is 1.83. The van der Waals surface area contributed by atoms with Crippen molar-refractivity contribution in [2.45, 2.75) is 19.1 Å². The van der Waals surface area contributed by atoms with Crippen molar-refractivity contribution in [2.75, 3.05) is 21.3 Å². The Hall–Kier alpha value is -0.633. The van der Waals surface area contributed by atoms with Crippen molar-refractivity contribution in [3.63, 3.8) is 0 Å². The van der Waals surface area contributed by atoms with Gasteiger partial charge in [0.25, 0.3) is 0 Å². The summed E-state index contributed by atoms with van der Waals surface area (Å²) >= 11 is 0. The number of ether oxygens (including phenoxy) is 1. The molecule has 1 amide bonds. The van der Waals surface area contributed by atoms with Gasteiger partial charge in [-0.3, -0.25) is 0 Å². The molecule has 1 atom stereocenters. The highest BCUT2D eigenvalue weighted by molar-refractivity contribution is 6.62. The molecule has 0 aromatic carbocycles. The van der Waals surface area contributed by atoms with E-state index < -0.39 is 20.6 Å². The van der Waals surface area contributed by atoms with E-state index in [0.29, 0.717) is 6.42 Å². The molecule has 7 heteroatoms. The summed E-state index contributed by atoms with van der Waals surface area (Å²) in [6, 6.07) is 0. The number of primary amides is 1. The normalized spacial score (nSPS) is 13.7. The van der Waals surface area contributed by atoms with Crippen LogP contribution < -0.4 is 5.73 Å². The van der Waals surface area contributed by atoms with E-state index in [1.54, 1.807) is 0 Å². The van der Waals surface area contributed by atoms with Crippen LogP contribution in [-0.4, -0.2) is 42.0 Å². The van der Waals surface area contributed by atoms with Crippen LogP contribution in [0, 0.1) is 0 Å². The van der Waals surface area contributed by atoms with Crippen LogP contribution >= 0.6 is 0 Å². The van der Waals surface area contributed by atoms with E-state index >= 15 is 0 Å². The highest BCUT2D eigenvalue weighted by Gasteiger charge is 2.49. The van der Waals surface area contributed by atoms with Crippen molar-refractivity contribution < 1.29 is 22.8 Å². The van der Waals surface area contributed by atoms with E-state index in [0.717, 1.165) is 0 Å². The lowest BCUT2D eigenvalue weighted by atomic mass is 10.5. The zero-order valence-electron chi connectivity index (χ0n) is 8.90. The molecule has 0 aromatic heterocycles. The van der Waals surface area contributed by atoms with Crippen molar-refractivity contribution in [3.8, 4) is 0 Å². The topological polar surface area (TPSA) is 80.0 Å². The number of amides is 1. The second kappa shape index (κ2) is 5.97. The minimum absolute atomic E-state index is 0.519. The van der Waals surface area contributed by atoms with Gasteiger partial charge < -0.3 is 23.7 Å². The fraction of sp³-hybridized carbons (Fsp3) is 0.857. The van der Waals surface area contributed by atoms with E-state index in [-0.39, 0.29) is 0 Å². The Bertz CT molecular complexity index is 177. The fourth-order valence-corrected chi connectivity index (χ4v) is 3.24. The van der Waals surface area contributed by atoms with E-state index in [1.165, 1.54) is 21.3 Å². The Balaban J connectivity index is 4.64. The first-order valence-electron chi connectivity index (χ1n) is 4.17. The molecule has 0 saturated carbocycles. The summed E-state index contributed by atoms with van der Waals surface area (Å²) in [5.74, 6) is 0. The number of carbonyl (C=O) groups is 1. The first-order chi connectivity index (χ1) is 6.56. The van der Waals surface area contributed by atoms with E-state index in [2.05, 4.69) is 0 Å². The summed E-state index contributed by atoms with van der Waals surface area (Å²) in [5, 5.41) is 0. The molecule has 0 spiro atoms. The van der Waals surface area contributed by atoms with Crippen LogP contribution in [-0.2, 0) is 18.0 Å². The van der Waals surface area contributed by atoms with Crippen LogP contribution in [0.3, 0.4) is 0 Å². The van der Waals surface area contributed by atoms with Crippen molar-refractivity contribution >= 4 is 14.9 Å². The van der Waals surface area contributed by atoms with Gasteiger partial charge in [0.05, 0.1) is 0 Å². The average Bonchev–Trinajstić information content (AvgIpc) is 2.19. The zero-order valence-corrected chi connectivity index (χ0v) is 9.90. The molecule has 0 heterocycles. The predicted octanol–water partition coefficient (Wildman–Crippen LogP) is 0.278. The predicted molar refractivity (Wildman–Crippen MR) is 51.5 cm³/mol. The van der Waals surface area contributed by atoms with Crippen LogP contribution in [0.15, 0.2) is 0 Å². The van der Waals surface area contributed by atoms with Gasteiger partial charge in [-0.25, -0.2) is 4.79 Å². The fourth-order valence-electron chi connectivity index (χ4n) is 1.19. The van der Waals surface area contributed by atoms with Gasteiger partial charge in [0.2, 0.25) is 0 Å². The van der Waals surface area contributed by atoms with Crippen LogP contribution in [0.4, 0.5) is 4.79 Å². The number of hydrogen-bond acceptors (Lipinski definition) is 5. The maximum Gasteiger partial charge on any atom is 0.543 e. The molecule has 14 heavy (non-hydrogen) atoms. The highest BCUT2D eigenvalue weighted by atomic mass is 28.4. The highest BCUT2D eigenvalue weighted by Crippen LogP contribution is 2.17.